The number of aromatic nitrogens is 1. The van der Waals surface area contributed by atoms with Gasteiger partial charge in [-0.2, -0.15) is 0 Å². The van der Waals surface area contributed by atoms with Crippen LogP contribution in [0, 0.1) is 5.41 Å². The van der Waals surface area contributed by atoms with Crippen molar-refractivity contribution in [2.24, 2.45) is 5.41 Å². The van der Waals surface area contributed by atoms with Crippen molar-refractivity contribution in [1.29, 1.82) is 0 Å². The Morgan fingerprint density at radius 3 is 2.76 bits per heavy atom. The Bertz CT molecular complexity index is 432. The van der Waals surface area contributed by atoms with Crippen LogP contribution in [-0.4, -0.2) is 47.3 Å². The second-order valence-corrected chi connectivity index (χ2v) is 6.37. The Balaban J connectivity index is 2.34. The van der Waals surface area contributed by atoms with Crippen molar-refractivity contribution in [2.75, 3.05) is 20.1 Å². The quantitative estimate of drug-likeness (QED) is 0.809. The van der Waals surface area contributed by atoms with Gasteiger partial charge in [0.25, 0.3) is 0 Å². The molecule has 1 atom stereocenters. The Morgan fingerprint density at radius 2 is 2.19 bits per heavy atom. The summed E-state index contributed by atoms with van der Waals surface area (Å²) in [6.45, 7) is 7.01. The largest absolute Gasteiger partial charge is 0.393 e. The third-order valence-corrected chi connectivity index (χ3v) is 3.34. The number of hydrogen-bond acceptors (Lipinski definition) is 3. The SMILES string of the molecule is CC(O)CC(C)(C)CNC(=O)N(C)CCc1ccccn1. The molecule has 1 aromatic rings. The number of aliphatic hydroxyl groups excluding tert-OH is 1. The number of likely N-dealkylation sites (N-methyl/N-ethyl adjacent to an activating group) is 1. The van der Waals surface area contributed by atoms with Crippen LogP contribution in [0.4, 0.5) is 4.79 Å². The molecule has 1 aromatic heterocycles. The zero-order valence-electron chi connectivity index (χ0n) is 13.5. The molecule has 1 rings (SSSR count). The zero-order chi connectivity index (χ0) is 15.9. The fraction of sp³-hybridized carbons (Fsp3) is 0.625. The number of hydrogen-bond donors (Lipinski definition) is 2. The molecule has 0 aliphatic rings. The number of carbonyl (C=O) groups is 1. The molecule has 0 aliphatic carbocycles. The number of aliphatic hydroxyl groups is 1. The van der Waals surface area contributed by atoms with Crippen LogP contribution in [0.25, 0.3) is 0 Å². The summed E-state index contributed by atoms with van der Waals surface area (Å²) in [5.74, 6) is 0. The van der Waals surface area contributed by atoms with E-state index in [1.54, 1.807) is 25.1 Å². The maximum absolute atomic E-state index is 12.0. The van der Waals surface area contributed by atoms with Crippen molar-refractivity contribution in [3.05, 3.63) is 30.1 Å². The van der Waals surface area contributed by atoms with Crippen LogP contribution in [0.3, 0.4) is 0 Å². The van der Waals surface area contributed by atoms with Gasteiger partial charge >= 0.3 is 6.03 Å². The van der Waals surface area contributed by atoms with E-state index in [1.807, 2.05) is 32.0 Å². The molecule has 0 radical (unpaired) electrons. The second kappa shape index (κ2) is 7.98. The minimum Gasteiger partial charge on any atom is -0.393 e. The molecule has 0 fully saturated rings. The van der Waals surface area contributed by atoms with E-state index in [0.717, 1.165) is 12.1 Å². The summed E-state index contributed by atoms with van der Waals surface area (Å²) in [4.78, 5) is 17.9. The van der Waals surface area contributed by atoms with E-state index >= 15 is 0 Å². The molecule has 2 amide bonds. The molecule has 0 saturated heterocycles. The molecule has 5 heteroatoms. The topological polar surface area (TPSA) is 65.5 Å². The van der Waals surface area contributed by atoms with Gasteiger partial charge in [0, 0.05) is 38.4 Å². The summed E-state index contributed by atoms with van der Waals surface area (Å²) < 4.78 is 0. The van der Waals surface area contributed by atoms with E-state index in [9.17, 15) is 9.90 Å². The Kier molecular flexibility index (Phi) is 6.62. The van der Waals surface area contributed by atoms with Crippen molar-refractivity contribution >= 4 is 6.03 Å². The molecule has 1 heterocycles. The Labute approximate surface area is 127 Å². The number of nitrogens with zero attached hydrogens (tertiary/aromatic N) is 2. The third kappa shape index (κ3) is 7.09. The van der Waals surface area contributed by atoms with Crippen molar-refractivity contribution in [2.45, 2.75) is 39.7 Å². The van der Waals surface area contributed by atoms with Crippen LogP contribution in [-0.2, 0) is 6.42 Å². The summed E-state index contributed by atoms with van der Waals surface area (Å²) in [6.07, 6.45) is 2.79. The monoisotopic (exact) mass is 293 g/mol. The van der Waals surface area contributed by atoms with Crippen molar-refractivity contribution < 1.29 is 9.90 Å². The molecule has 5 nitrogen and oxygen atoms in total. The van der Waals surface area contributed by atoms with E-state index in [4.69, 9.17) is 0 Å². The van der Waals surface area contributed by atoms with E-state index in [2.05, 4.69) is 10.3 Å². The lowest BCUT2D eigenvalue weighted by molar-refractivity contribution is 0.127. The first-order valence-corrected chi connectivity index (χ1v) is 7.37. The highest BCUT2D eigenvalue weighted by Gasteiger charge is 2.21. The van der Waals surface area contributed by atoms with Crippen LogP contribution < -0.4 is 5.32 Å². The predicted molar refractivity (Wildman–Crippen MR) is 84.0 cm³/mol. The van der Waals surface area contributed by atoms with Gasteiger partial charge in [0.15, 0.2) is 0 Å². The molecule has 0 aromatic carbocycles. The van der Waals surface area contributed by atoms with Gasteiger partial charge in [-0.3, -0.25) is 4.98 Å². The number of amides is 2. The molecule has 0 saturated carbocycles. The number of carbonyl (C=O) groups excluding carboxylic acids is 1. The highest BCUT2D eigenvalue weighted by atomic mass is 16.3. The normalized spacial score (nSPS) is 12.8. The van der Waals surface area contributed by atoms with Crippen molar-refractivity contribution in [1.82, 2.24) is 15.2 Å². The molecule has 21 heavy (non-hydrogen) atoms. The smallest absolute Gasteiger partial charge is 0.317 e. The molecule has 118 valence electrons. The van der Waals surface area contributed by atoms with Gasteiger partial charge in [-0.05, 0) is 30.9 Å². The maximum Gasteiger partial charge on any atom is 0.317 e. The number of urea groups is 1. The van der Waals surface area contributed by atoms with Crippen molar-refractivity contribution in [3.8, 4) is 0 Å². The molecular weight excluding hydrogens is 266 g/mol. The van der Waals surface area contributed by atoms with Gasteiger partial charge in [0.2, 0.25) is 0 Å². The third-order valence-electron chi connectivity index (χ3n) is 3.34. The van der Waals surface area contributed by atoms with Gasteiger partial charge in [-0.15, -0.1) is 0 Å². The molecular formula is C16H27N3O2. The van der Waals surface area contributed by atoms with Crippen LogP contribution in [0.1, 0.15) is 32.9 Å². The van der Waals surface area contributed by atoms with Gasteiger partial charge in [-0.25, -0.2) is 4.79 Å². The lowest BCUT2D eigenvalue weighted by Crippen LogP contribution is -2.43. The van der Waals surface area contributed by atoms with E-state index in [0.29, 0.717) is 19.5 Å². The summed E-state index contributed by atoms with van der Waals surface area (Å²) in [6, 6.07) is 5.69. The van der Waals surface area contributed by atoms with Crippen molar-refractivity contribution in [3.63, 3.8) is 0 Å². The summed E-state index contributed by atoms with van der Waals surface area (Å²) in [5.41, 5.74) is 0.859. The van der Waals surface area contributed by atoms with Crippen LogP contribution in [0.2, 0.25) is 0 Å². The number of pyridine rings is 1. The number of nitrogens with one attached hydrogen (secondary N) is 1. The first-order valence-electron chi connectivity index (χ1n) is 7.37. The van der Waals surface area contributed by atoms with E-state index in [1.165, 1.54) is 0 Å². The summed E-state index contributed by atoms with van der Waals surface area (Å²) >= 11 is 0. The predicted octanol–water partition coefficient (Wildman–Crippen LogP) is 2.06. The second-order valence-electron chi connectivity index (χ2n) is 6.37. The lowest BCUT2D eigenvalue weighted by Gasteiger charge is -2.28. The van der Waals surface area contributed by atoms with Gasteiger partial charge in [0.05, 0.1) is 6.10 Å². The first-order chi connectivity index (χ1) is 9.80. The Morgan fingerprint density at radius 1 is 1.48 bits per heavy atom. The maximum atomic E-state index is 12.0. The van der Waals surface area contributed by atoms with Gasteiger partial charge in [-0.1, -0.05) is 19.9 Å². The minimum atomic E-state index is -0.362. The molecule has 0 spiro atoms. The van der Waals surface area contributed by atoms with Gasteiger partial charge in [0.1, 0.15) is 0 Å². The fourth-order valence-electron chi connectivity index (χ4n) is 2.25. The highest BCUT2D eigenvalue weighted by molar-refractivity contribution is 5.73. The molecule has 1 unspecified atom stereocenters. The summed E-state index contributed by atoms with van der Waals surface area (Å²) in [7, 11) is 1.78. The Hall–Kier alpha value is -1.62. The highest BCUT2D eigenvalue weighted by Crippen LogP contribution is 2.21. The average Bonchev–Trinajstić information content (AvgIpc) is 2.42. The van der Waals surface area contributed by atoms with E-state index in [-0.39, 0.29) is 17.6 Å². The first kappa shape index (κ1) is 17.4. The minimum absolute atomic E-state index is 0.0930. The van der Waals surface area contributed by atoms with Crippen LogP contribution in [0.5, 0.6) is 0 Å². The zero-order valence-corrected chi connectivity index (χ0v) is 13.5. The van der Waals surface area contributed by atoms with Crippen LogP contribution in [0.15, 0.2) is 24.4 Å². The molecule has 2 N–H and O–H groups in total. The van der Waals surface area contributed by atoms with E-state index < -0.39 is 0 Å². The van der Waals surface area contributed by atoms with Gasteiger partial charge < -0.3 is 15.3 Å². The van der Waals surface area contributed by atoms with Crippen LogP contribution >= 0.6 is 0 Å². The number of rotatable bonds is 7. The molecule has 0 bridgehead atoms. The fourth-order valence-corrected chi connectivity index (χ4v) is 2.25. The molecule has 0 aliphatic heterocycles. The summed E-state index contributed by atoms with van der Waals surface area (Å²) in [5, 5.41) is 12.4. The standard InChI is InChI=1S/C16H27N3O2/c1-13(20)11-16(2,3)12-18-15(21)19(4)10-8-14-7-5-6-9-17-14/h5-7,9,13,20H,8,10-12H2,1-4H3,(H,18,21). The average molecular weight is 293 g/mol. The lowest BCUT2D eigenvalue weighted by atomic mass is 9.87.